The van der Waals surface area contributed by atoms with Crippen LogP contribution in [0.5, 0.6) is 0 Å². The second-order valence-corrected chi connectivity index (χ2v) is 5.33. The van der Waals surface area contributed by atoms with Gasteiger partial charge in [0.25, 0.3) is 0 Å². The quantitative estimate of drug-likeness (QED) is 0.492. The van der Waals surface area contributed by atoms with Crippen LogP contribution in [0.3, 0.4) is 0 Å². The summed E-state index contributed by atoms with van der Waals surface area (Å²) in [6, 6.07) is 2.33. The number of anilines is 1. The van der Waals surface area contributed by atoms with Crippen molar-refractivity contribution in [3.63, 3.8) is 0 Å². The summed E-state index contributed by atoms with van der Waals surface area (Å²) in [5.74, 6) is 0.693. The predicted octanol–water partition coefficient (Wildman–Crippen LogP) is 0.697. The molecular weight excluding hydrogens is 471 g/mol. The van der Waals surface area contributed by atoms with Crippen molar-refractivity contribution >= 4 is 22.6 Å². The number of carbonyl (C=O) groups is 1. The van der Waals surface area contributed by atoms with Crippen LogP contribution in [0, 0.1) is 6.92 Å². The van der Waals surface area contributed by atoms with Gasteiger partial charge in [0.1, 0.15) is 5.82 Å². The number of aryl methyl sites for hydroxylation is 1. The van der Waals surface area contributed by atoms with E-state index < -0.39 is 0 Å². The number of fused-ring (bicyclic) bond motifs is 1. The molecule has 1 aliphatic rings. The minimum Gasteiger partial charge on any atom is -0.383 e. The number of pyridine rings is 1. The maximum atomic E-state index is 11.1. The largest absolute Gasteiger partial charge is 1.00 e. The fraction of sp³-hybridized carbons (Fsp3) is 0.571. The van der Waals surface area contributed by atoms with E-state index in [0.29, 0.717) is 11.9 Å². The summed E-state index contributed by atoms with van der Waals surface area (Å²) in [7, 11) is 0. The molecule has 2 aromatic heterocycles. The Balaban J connectivity index is -0.000000344. The van der Waals surface area contributed by atoms with Gasteiger partial charge in [0.15, 0.2) is 0 Å². The van der Waals surface area contributed by atoms with Crippen LogP contribution in [-0.4, -0.2) is 33.7 Å². The molecule has 1 fully saturated rings. The fourth-order valence-corrected chi connectivity index (χ4v) is 2.66. The number of hydrogen-bond donors (Lipinski definition) is 3. The Bertz CT molecular complexity index is 657. The summed E-state index contributed by atoms with van der Waals surface area (Å²) >= 11 is 0. The van der Waals surface area contributed by atoms with E-state index in [1.165, 1.54) is 18.9 Å². The standard InChI is InChI=1S/C8H13NO.C7H8N4.3C2H6.Cs/c1-3-8(10)9-6-4-5-7(9)2;1-4-6-5(11-10-4)2-3-9-7(6)8;3*1-2;/h3,7H,1,4-6H2,2H3;2-3H,1H3,(H2,8,9)(H,10,11);3*1-2H3;/q;;;;;+1/p+1. The van der Waals surface area contributed by atoms with E-state index in [1.54, 1.807) is 6.20 Å². The summed E-state index contributed by atoms with van der Waals surface area (Å²) in [5, 5.41) is 7.81. The van der Waals surface area contributed by atoms with Crippen molar-refractivity contribution in [2.45, 2.75) is 74.3 Å². The van der Waals surface area contributed by atoms with E-state index in [4.69, 9.17) is 5.73 Å². The number of hydrogen-bond acceptors (Lipinski definition) is 4. The van der Waals surface area contributed by atoms with E-state index in [2.05, 4.69) is 28.7 Å². The number of nitrogens with one attached hydrogen (secondary N) is 2. The Hall–Kier alpha value is -0.158. The fourth-order valence-electron chi connectivity index (χ4n) is 2.66. The minimum absolute atomic E-state index is 0. The number of rotatable bonds is 1. The van der Waals surface area contributed by atoms with Crippen LogP contribution in [0.1, 0.15) is 67.0 Å². The zero-order chi connectivity index (χ0) is 21.4. The number of nitrogens with zero attached hydrogens (tertiary/aromatic N) is 2. The van der Waals surface area contributed by atoms with E-state index >= 15 is 0 Å². The van der Waals surface area contributed by atoms with Gasteiger partial charge in [-0.1, -0.05) is 48.1 Å². The Morgan fingerprint density at radius 2 is 1.86 bits per heavy atom. The molecule has 154 valence electrons. The molecule has 1 aliphatic heterocycles. The van der Waals surface area contributed by atoms with E-state index in [-0.39, 0.29) is 74.8 Å². The average molecular weight is 511 g/mol. The Morgan fingerprint density at radius 3 is 2.29 bits per heavy atom. The maximum absolute atomic E-state index is 11.1. The molecule has 1 amide bonds. The second kappa shape index (κ2) is 20.1. The first-order valence-corrected chi connectivity index (χ1v) is 10.1. The number of nitrogens with two attached hydrogens (primary N) is 1. The van der Waals surface area contributed by atoms with Crippen LogP contribution < -0.4 is 79.5 Å². The minimum atomic E-state index is 0. The maximum Gasteiger partial charge on any atom is 1.00 e. The summed E-state index contributed by atoms with van der Waals surface area (Å²) < 4.78 is 0. The number of aromatic amines is 1. The topological polar surface area (TPSA) is 89.1 Å². The van der Waals surface area contributed by atoms with E-state index in [0.717, 1.165) is 28.0 Å². The molecule has 2 atom stereocenters. The smallest absolute Gasteiger partial charge is 0.383 e. The third-order valence-corrected chi connectivity index (χ3v) is 3.86. The van der Waals surface area contributed by atoms with Crippen molar-refractivity contribution in [1.82, 2.24) is 15.2 Å². The number of aromatic nitrogens is 3. The van der Waals surface area contributed by atoms with Crippen molar-refractivity contribution in [3.05, 3.63) is 30.6 Å². The predicted molar refractivity (Wildman–Crippen MR) is 117 cm³/mol. The molecule has 4 N–H and O–H groups in total. The molecule has 0 bridgehead atoms. The first-order chi connectivity index (χ1) is 13.0. The number of quaternary nitrogens is 1. The summed E-state index contributed by atoms with van der Waals surface area (Å²) in [4.78, 5) is 16.1. The third kappa shape index (κ3) is 10.6. The van der Waals surface area contributed by atoms with Crippen LogP contribution >= 0.6 is 0 Å². The Kier molecular flexibility index (Phi) is 23.4. The number of carbonyl (C=O) groups excluding carboxylic acids is 1. The monoisotopic (exact) mass is 511 g/mol. The Labute approximate surface area is 230 Å². The van der Waals surface area contributed by atoms with Crippen molar-refractivity contribution in [2.75, 3.05) is 12.3 Å². The van der Waals surface area contributed by atoms with Crippen molar-refractivity contribution in [2.24, 2.45) is 0 Å². The molecule has 0 spiro atoms. The first-order valence-electron chi connectivity index (χ1n) is 10.1. The zero-order valence-corrected chi connectivity index (χ0v) is 25.8. The van der Waals surface area contributed by atoms with Gasteiger partial charge in [0, 0.05) is 30.8 Å². The van der Waals surface area contributed by atoms with Gasteiger partial charge < -0.3 is 5.73 Å². The molecule has 0 saturated carbocycles. The second-order valence-electron chi connectivity index (χ2n) is 5.33. The molecule has 0 radical (unpaired) electrons. The summed E-state index contributed by atoms with van der Waals surface area (Å²) in [6.07, 6.45) is 5.43. The van der Waals surface area contributed by atoms with Gasteiger partial charge >= 0.3 is 74.8 Å². The van der Waals surface area contributed by atoms with Crippen molar-refractivity contribution < 1.29 is 78.6 Å². The molecule has 28 heavy (non-hydrogen) atoms. The van der Waals surface area contributed by atoms with E-state index in [9.17, 15) is 4.79 Å². The van der Waals surface area contributed by atoms with E-state index in [1.807, 2.05) is 54.5 Å². The Morgan fingerprint density at radius 1 is 1.29 bits per heavy atom. The molecule has 0 aromatic carbocycles. The van der Waals surface area contributed by atoms with Gasteiger partial charge in [0.05, 0.1) is 23.5 Å². The molecule has 7 heteroatoms. The first kappa shape index (κ1) is 32.5. The number of amides is 1. The molecule has 1 saturated heterocycles. The van der Waals surface area contributed by atoms with Crippen LogP contribution in [0.2, 0.25) is 0 Å². The number of nitrogen functional groups attached to an aromatic ring is 1. The van der Waals surface area contributed by atoms with Crippen LogP contribution in [0.4, 0.5) is 5.82 Å². The van der Waals surface area contributed by atoms with Gasteiger partial charge in [-0.05, 0) is 19.9 Å². The van der Waals surface area contributed by atoms with Gasteiger partial charge in [-0.3, -0.25) is 10.00 Å². The number of H-pyrrole nitrogens is 1. The van der Waals surface area contributed by atoms with Gasteiger partial charge in [-0.15, -0.1) is 0 Å². The van der Waals surface area contributed by atoms with Gasteiger partial charge in [0.2, 0.25) is 0 Å². The average Bonchev–Trinajstić information content (AvgIpc) is 3.33. The summed E-state index contributed by atoms with van der Waals surface area (Å²) in [5.41, 5.74) is 7.46. The zero-order valence-electron chi connectivity index (χ0n) is 19.5. The molecular formula is C21H40CsN5O+2. The molecule has 6 nitrogen and oxygen atoms in total. The van der Waals surface area contributed by atoms with Crippen LogP contribution in [-0.2, 0) is 4.79 Å². The normalized spacial score (nSPS) is 16.3. The molecule has 3 rings (SSSR count). The van der Waals surface area contributed by atoms with Crippen molar-refractivity contribution in [1.29, 1.82) is 0 Å². The number of likely N-dealkylation sites (tertiary alicyclic amines) is 1. The third-order valence-electron chi connectivity index (χ3n) is 3.86. The molecule has 2 aromatic rings. The molecule has 0 aliphatic carbocycles. The molecule has 2 unspecified atom stereocenters. The van der Waals surface area contributed by atoms with Crippen molar-refractivity contribution in [3.8, 4) is 0 Å². The molecule has 3 heterocycles. The van der Waals surface area contributed by atoms with Gasteiger partial charge in [-0.2, -0.15) is 5.10 Å². The summed E-state index contributed by atoms with van der Waals surface area (Å²) in [6.45, 7) is 20.5. The van der Waals surface area contributed by atoms with Crippen LogP contribution in [0.15, 0.2) is 24.9 Å². The van der Waals surface area contributed by atoms with Gasteiger partial charge in [-0.25, -0.2) is 9.78 Å². The SMILES string of the molecule is C=CC(=O)[NH+]1CCCC1C.CC.CC.CC.Cc1[nH]nc2ccnc(N)c12.[Cs+]. The van der Waals surface area contributed by atoms with Crippen LogP contribution in [0.25, 0.3) is 10.9 Å².